The maximum atomic E-state index is 12.3. The topological polar surface area (TPSA) is 55.9 Å². The first-order valence-electron chi connectivity index (χ1n) is 11.5. The number of carbonyl (C=O) groups is 2. The molecule has 3 heterocycles. The van der Waals surface area contributed by atoms with E-state index in [1.54, 1.807) is 7.05 Å². The van der Waals surface area contributed by atoms with E-state index >= 15 is 0 Å². The Balaban J connectivity index is 1.25. The normalized spacial score (nSPS) is 35.1. The summed E-state index contributed by atoms with van der Waals surface area (Å²) in [6.45, 7) is 7.35. The number of nitrogens with zero attached hydrogens (tertiary/aromatic N) is 3. The number of hydrogen-bond donors (Lipinski definition) is 1. The van der Waals surface area contributed by atoms with Gasteiger partial charge in [0.05, 0.1) is 6.04 Å². The first-order chi connectivity index (χ1) is 13.5. The molecule has 0 aromatic rings. The lowest BCUT2D eigenvalue weighted by Gasteiger charge is -2.53. The highest BCUT2D eigenvalue weighted by Crippen LogP contribution is 2.50. The molecule has 1 atom stereocenters. The summed E-state index contributed by atoms with van der Waals surface area (Å²) in [6.07, 6.45) is 10.2. The average Bonchev–Trinajstić information content (AvgIpc) is 3.17. The molecule has 1 N–H and O–H groups in total. The quantitative estimate of drug-likeness (QED) is 0.796. The lowest BCUT2D eigenvalue weighted by Crippen LogP contribution is -2.58. The van der Waals surface area contributed by atoms with Crippen molar-refractivity contribution >= 4 is 11.8 Å². The number of hydrogen-bond acceptors (Lipinski definition) is 4. The van der Waals surface area contributed by atoms with Gasteiger partial charge in [-0.1, -0.05) is 13.3 Å². The molecule has 4 fully saturated rings. The molecule has 6 nitrogen and oxygen atoms in total. The van der Waals surface area contributed by atoms with Crippen molar-refractivity contribution in [2.24, 2.45) is 5.41 Å². The van der Waals surface area contributed by atoms with Crippen molar-refractivity contribution in [3.8, 4) is 0 Å². The molecule has 3 aliphatic heterocycles. The van der Waals surface area contributed by atoms with E-state index in [9.17, 15) is 9.59 Å². The highest BCUT2D eigenvalue weighted by Gasteiger charge is 2.51. The molecule has 1 unspecified atom stereocenters. The Bertz CT molecular complexity index is 581. The second-order valence-electron chi connectivity index (χ2n) is 9.61. The van der Waals surface area contributed by atoms with Gasteiger partial charge in [-0.15, -0.1) is 0 Å². The van der Waals surface area contributed by atoms with Crippen LogP contribution in [0.4, 0.5) is 0 Å². The maximum absolute atomic E-state index is 12.3. The molecule has 1 saturated carbocycles. The lowest BCUT2D eigenvalue weighted by atomic mass is 9.64. The SMILES string of the molecule is CCC(=O)N1CCC2(CC(N3CCC(N4CCCCC4C(=O)NC)CC3)C2)C1. The minimum Gasteiger partial charge on any atom is -0.358 e. The summed E-state index contributed by atoms with van der Waals surface area (Å²) in [6, 6.07) is 1.37. The molecular formula is C22H38N4O2. The van der Waals surface area contributed by atoms with E-state index in [1.807, 2.05) is 6.92 Å². The highest BCUT2D eigenvalue weighted by atomic mass is 16.2. The molecule has 6 heteroatoms. The summed E-state index contributed by atoms with van der Waals surface area (Å²) < 4.78 is 0. The first-order valence-corrected chi connectivity index (χ1v) is 11.5. The van der Waals surface area contributed by atoms with Gasteiger partial charge in [-0.05, 0) is 70.0 Å². The van der Waals surface area contributed by atoms with Crippen LogP contribution in [0.2, 0.25) is 0 Å². The van der Waals surface area contributed by atoms with Crippen molar-refractivity contribution in [2.75, 3.05) is 39.8 Å². The zero-order chi connectivity index (χ0) is 19.7. The summed E-state index contributed by atoms with van der Waals surface area (Å²) in [7, 11) is 1.77. The third kappa shape index (κ3) is 3.82. The molecule has 0 bridgehead atoms. The Labute approximate surface area is 170 Å². The van der Waals surface area contributed by atoms with Gasteiger partial charge in [-0.2, -0.15) is 0 Å². The lowest BCUT2D eigenvalue weighted by molar-refractivity contribution is -0.130. The Morgan fingerprint density at radius 2 is 1.75 bits per heavy atom. The number of amides is 2. The third-order valence-electron chi connectivity index (χ3n) is 8.01. The summed E-state index contributed by atoms with van der Waals surface area (Å²) in [5.74, 6) is 0.531. The predicted molar refractivity (Wildman–Crippen MR) is 110 cm³/mol. The molecule has 0 aromatic heterocycles. The number of carbonyl (C=O) groups excluding carboxylic acids is 2. The van der Waals surface area contributed by atoms with Crippen LogP contribution in [0.25, 0.3) is 0 Å². The maximum Gasteiger partial charge on any atom is 0.237 e. The Kier molecular flexibility index (Phi) is 5.98. The van der Waals surface area contributed by atoms with E-state index < -0.39 is 0 Å². The standard InChI is InChI=1S/C22H38N4O2/c1-3-20(27)25-13-9-22(16-25)14-18(15-22)24-11-7-17(8-12-24)26-10-5-4-6-19(26)21(28)23-2/h17-19H,3-16H2,1-2H3,(H,23,28). The van der Waals surface area contributed by atoms with Gasteiger partial charge in [0.25, 0.3) is 0 Å². The van der Waals surface area contributed by atoms with Gasteiger partial charge in [0.2, 0.25) is 11.8 Å². The summed E-state index contributed by atoms with van der Waals surface area (Å²) in [5.41, 5.74) is 0.420. The predicted octanol–water partition coefficient (Wildman–Crippen LogP) is 1.84. The van der Waals surface area contributed by atoms with E-state index in [0.29, 0.717) is 29.8 Å². The molecule has 3 saturated heterocycles. The monoisotopic (exact) mass is 390 g/mol. The first kappa shape index (κ1) is 20.1. The number of piperidine rings is 2. The average molecular weight is 391 g/mol. The van der Waals surface area contributed by atoms with Gasteiger partial charge in [-0.3, -0.25) is 14.5 Å². The van der Waals surface area contributed by atoms with Crippen LogP contribution in [0.3, 0.4) is 0 Å². The third-order valence-corrected chi connectivity index (χ3v) is 8.01. The molecule has 28 heavy (non-hydrogen) atoms. The van der Waals surface area contributed by atoms with Crippen molar-refractivity contribution in [1.82, 2.24) is 20.0 Å². The molecular weight excluding hydrogens is 352 g/mol. The van der Waals surface area contributed by atoms with Crippen LogP contribution in [0.1, 0.15) is 64.7 Å². The van der Waals surface area contributed by atoms with Crippen LogP contribution in [0.5, 0.6) is 0 Å². The van der Waals surface area contributed by atoms with Crippen LogP contribution >= 0.6 is 0 Å². The van der Waals surface area contributed by atoms with E-state index in [-0.39, 0.29) is 11.9 Å². The number of likely N-dealkylation sites (N-methyl/N-ethyl adjacent to an activating group) is 1. The van der Waals surface area contributed by atoms with Crippen LogP contribution in [0.15, 0.2) is 0 Å². The van der Waals surface area contributed by atoms with Crippen molar-refractivity contribution in [2.45, 2.75) is 82.8 Å². The minimum absolute atomic E-state index is 0.0860. The summed E-state index contributed by atoms with van der Waals surface area (Å²) >= 11 is 0. The Hall–Kier alpha value is -1.14. The zero-order valence-electron chi connectivity index (χ0n) is 17.8. The minimum atomic E-state index is 0.0860. The molecule has 1 spiro atoms. The van der Waals surface area contributed by atoms with E-state index in [2.05, 4.69) is 20.0 Å². The fourth-order valence-corrected chi connectivity index (χ4v) is 6.32. The largest absolute Gasteiger partial charge is 0.358 e. The fourth-order valence-electron chi connectivity index (χ4n) is 6.32. The number of nitrogens with one attached hydrogen (secondary N) is 1. The molecule has 0 aromatic carbocycles. The van der Waals surface area contributed by atoms with Gasteiger partial charge in [0, 0.05) is 38.6 Å². The van der Waals surface area contributed by atoms with Crippen molar-refractivity contribution in [1.29, 1.82) is 0 Å². The Morgan fingerprint density at radius 1 is 1.00 bits per heavy atom. The van der Waals surface area contributed by atoms with Gasteiger partial charge >= 0.3 is 0 Å². The number of likely N-dealkylation sites (tertiary alicyclic amines) is 3. The van der Waals surface area contributed by atoms with Crippen molar-refractivity contribution in [3.05, 3.63) is 0 Å². The van der Waals surface area contributed by atoms with Gasteiger partial charge in [0.15, 0.2) is 0 Å². The van der Waals surface area contributed by atoms with Crippen LogP contribution in [0, 0.1) is 5.41 Å². The molecule has 1 aliphatic carbocycles. The van der Waals surface area contributed by atoms with E-state index in [0.717, 1.165) is 26.1 Å². The highest BCUT2D eigenvalue weighted by molar-refractivity contribution is 5.81. The number of rotatable bonds is 4. The van der Waals surface area contributed by atoms with Gasteiger partial charge < -0.3 is 15.1 Å². The summed E-state index contributed by atoms with van der Waals surface area (Å²) in [4.78, 5) is 31.6. The molecule has 0 radical (unpaired) electrons. The van der Waals surface area contributed by atoms with E-state index in [1.165, 1.54) is 58.0 Å². The zero-order valence-corrected chi connectivity index (χ0v) is 17.8. The molecule has 4 aliphatic rings. The second-order valence-corrected chi connectivity index (χ2v) is 9.61. The summed E-state index contributed by atoms with van der Waals surface area (Å²) in [5, 5.41) is 2.87. The smallest absolute Gasteiger partial charge is 0.237 e. The molecule has 4 rings (SSSR count). The Morgan fingerprint density at radius 3 is 2.43 bits per heavy atom. The van der Waals surface area contributed by atoms with E-state index in [4.69, 9.17) is 0 Å². The van der Waals surface area contributed by atoms with Crippen molar-refractivity contribution < 1.29 is 9.59 Å². The molecule has 158 valence electrons. The second kappa shape index (κ2) is 8.31. The van der Waals surface area contributed by atoms with Gasteiger partial charge in [-0.25, -0.2) is 0 Å². The van der Waals surface area contributed by atoms with Crippen LogP contribution in [-0.4, -0.2) is 84.4 Å². The molecule has 2 amide bonds. The van der Waals surface area contributed by atoms with Crippen molar-refractivity contribution in [3.63, 3.8) is 0 Å². The van der Waals surface area contributed by atoms with Crippen LogP contribution < -0.4 is 5.32 Å². The van der Waals surface area contributed by atoms with Crippen LogP contribution in [-0.2, 0) is 9.59 Å². The fraction of sp³-hybridized carbons (Fsp3) is 0.909. The van der Waals surface area contributed by atoms with Gasteiger partial charge in [0.1, 0.15) is 0 Å².